The highest BCUT2D eigenvalue weighted by molar-refractivity contribution is 5.97. The van der Waals surface area contributed by atoms with Crippen molar-refractivity contribution in [1.29, 1.82) is 0 Å². The highest BCUT2D eigenvalue weighted by atomic mass is 16.4. The van der Waals surface area contributed by atoms with Crippen LogP contribution in [0.15, 0.2) is 24.3 Å². The van der Waals surface area contributed by atoms with Crippen molar-refractivity contribution < 1.29 is 43.8 Å². The maximum Gasteiger partial charge on any atom is 0.326 e. The Labute approximate surface area is 334 Å². The summed E-state index contributed by atoms with van der Waals surface area (Å²) in [4.78, 5) is 101. The molecule has 0 bridgehead atoms. The number of phenolic OH excluding ortho intramolecular Hbond substituents is 1. The molecule has 0 aromatic heterocycles. The number of benzene rings is 1. The van der Waals surface area contributed by atoms with Crippen LogP contribution in [0, 0.1) is 11.8 Å². The Morgan fingerprint density at radius 1 is 0.632 bits per heavy atom. The predicted octanol–water partition coefficient (Wildman–Crippen LogP) is 1.37. The fraction of sp³-hybridized carbons (Fsp3) is 0.683. The molecule has 0 unspecified atom stereocenters. The highest BCUT2D eigenvalue weighted by Gasteiger charge is 2.45. The summed E-state index contributed by atoms with van der Waals surface area (Å²) in [6.07, 6.45) is 4.59. The van der Waals surface area contributed by atoms with Gasteiger partial charge in [0, 0.05) is 32.6 Å². The molecule has 57 heavy (non-hydrogen) atoms. The Hall–Kier alpha value is -4.73. The average molecular weight is 796 g/mol. The van der Waals surface area contributed by atoms with E-state index in [1.165, 1.54) is 26.8 Å². The van der Waals surface area contributed by atoms with Crippen LogP contribution in [0.4, 0.5) is 0 Å². The highest BCUT2D eigenvalue weighted by Crippen LogP contribution is 2.28. The molecule has 6 N–H and O–H groups in total. The van der Waals surface area contributed by atoms with Crippen LogP contribution in [0.5, 0.6) is 5.75 Å². The zero-order chi connectivity index (χ0) is 41.6. The number of carboxylic acid groups (broad SMARTS) is 1. The molecule has 1 aromatic rings. The van der Waals surface area contributed by atoms with Crippen molar-refractivity contribution in [1.82, 2.24) is 30.2 Å². The Kier molecular flexibility index (Phi) is 14.6. The molecule has 4 aliphatic rings. The minimum absolute atomic E-state index is 0.0153. The Morgan fingerprint density at radius 2 is 1.07 bits per heavy atom. The molecule has 0 saturated carbocycles. The number of aliphatic carboxylic acids is 1. The van der Waals surface area contributed by atoms with Crippen LogP contribution in [0.25, 0.3) is 0 Å². The lowest BCUT2D eigenvalue weighted by molar-refractivity contribution is -0.150. The molecular weight excluding hydrogens is 734 g/mol. The van der Waals surface area contributed by atoms with Crippen molar-refractivity contribution in [3.8, 4) is 5.75 Å². The first-order chi connectivity index (χ1) is 27.1. The van der Waals surface area contributed by atoms with Crippen LogP contribution in [-0.2, 0) is 40.0 Å². The summed E-state index contributed by atoms with van der Waals surface area (Å²) in [5.74, 6) is -3.46. The van der Waals surface area contributed by atoms with E-state index in [2.05, 4.69) is 10.6 Å². The largest absolute Gasteiger partial charge is 0.508 e. The topological polar surface area (TPSA) is 223 Å². The van der Waals surface area contributed by atoms with E-state index in [0.717, 1.165) is 0 Å². The molecule has 1 aromatic carbocycles. The summed E-state index contributed by atoms with van der Waals surface area (Å²) < 4.78 is 0. The van der Waals surface area contributed by atoms with Gasteiger partial charge in [-0.3, -0.25) is 28.8 Å². The lowest BCUT2D eigenvalue weighted by atomic mass is 10.0. The minimum atomic E-state index is -1.13. The first-order valence-electron chi connectivity index (χ1n) is 20.7. The number of phenols is 1. The van der Waals surface area contributed by atoms with Gasteiger partial charge in [0.25, 0.3) is 0 Å². The van der Waals surface area contributed by atoms with Crippen LogP contribution >= 0.6 is 0 Å². The number of carbonyl (C=O) groups excluding carboxylic acids is 6. The predicted molar refractivity (Wildman–Crippen MR) is 209 cm³/mol. The fourth-order valence-electron chi connectivity index (χ4n) is 8.89. The van der Waals surface area contributed by atoms with Crippen LogP contribution in [0.3, 0.4) is 0 Å². The van der Waals surface area contributed by atoms with Crippen LogP contribution < -0.4 is 16.4 Å². The number of carboxylic acids is 1. The second-order valence-electron chi connectivity index (χ2n) is 17.0. The molecule has 4 heterocycles. The van der Waals surface area contributed by atoms with Crippen LogP contribution in [-0.4, -0.2) is 140 Å². The van der Waals surface area contributed by atoms with E-state index < -0.39 is 71.9 Å². The second kappa shape index (κ2) is 19.1. The average Bonchev–Trinajstić information content (AvgIpc) is 4.00. The molecule has 4 saturated heterocycles. The number of nitrogens with two attached hydrogens (primary N) is 1. The van der Waals surface area contributed by atoms with E-state index in [1.807, 2.05) is 27.7 Å². The third-order valence-electron chi connectivity index (χ3n) is 11.7. The van der Waals surface area contributed by atoms with E-state index >= 15 is 0 Å². The van der Waals surface area contributed by atoms with E-state index in [-0.39, 0.29) is 55.3 Å². The lowest BCUT2D eigenvalue weighted by Gasteiger charge is -2.34. The number of nitrogens with one attached hydrogen (secondary N) is 2. The van der Waals surface area contributed by atoms with Crippen molar-refractivity contribution in [2.24, 2.45) is 17.6 Å². The second-order valence-corrected chi connectivity index (χ2v) is 17.0. The van der Waals surface area contributed by atoms with Crippen LogP contribution in [0.2, 0.25) is 0 Å². The SMILES string of the molecule is CC(C)C[C@H](NC(=O)[C@@H]1CCCN1C(=O)[C@@H]1CCCN1C(=O)[C@@H](N)CC(C)C)C(=O)N1CCC[C@H]1C(=O)N[C@@H](Cc1ccc(O)cc1)C(=O)N1CCC[C@H]1C(=O)O. The molecule has 5 rings (SSSR count). The summed E-state index contributed by atoms with van der Waals surface area (Å²) in [6, 6.07) is -0.145. The molecule has 4 fully saturated rings. The molecule has 16 nitrogen and oxygen atoms in total. The first kappa shape index (κ1) is 43.4. The van der Waals surface area contributed by atoms with Gasteiger partial charge in [0.15, 0.2) is 0 Å². The van der Waals surface area contributed by atoms with Gasteiger partial charge in [-0.15, -0.1) is 0 Å². The molecule has 7 atom stereocenters. The number of rotatable bonds is 15. The molecule has 16 heteroatoms. The maximum atomic E-state index is 14.3. The number of likely N-dealkylation sites (tertiary alicyclic amines) is 4. The van der Waals surface area contributed by atoms with Gasteiger partial charge in [0.05, 0.1) is 6.04 Å². The number of aromatic hydroxyl groups is 1. The summed E-state index contributed by atoms with van der Waals surface area (Å²) in [7, 11) is 0. The van der Waals surface area contributed by atoms with Crippen molar-refractivity contribution in [2.45, 2.75) is 141 Å². The number of nitrogens with zero attached hydrogens (tertiary/aromatic N) is 4. The van der Waals surface area contributed by atoms with Gasteiger partial charge in [0.2, 0.25) is 35.4 Å². The Bertz CT molecular complexity index is 1650. The van der Waals surface area contributed by atoms with Gasteiger partial charge in [-0.2, -0.15) is 0 Å². The maximum absolute atomic E-state index is 14.3. The van der Waals surface area contributed by atoms with E-state index in [9.17, 15) is 43.8 Å². The fourth-order valence-corrected chi connectivity index (χ4v) is 8.89. The molecule has 0 radical (unpaired) electrons. The van der Waals surface area contributed by atoms with E-state index in [0.29, 0.717) is 76.4 Å². The van der Waals surface area contributed by atoms with E-state index in [4.69, 9.17) is 5.73 Å². The molecule has 0 aliphatic carbocycles. The van der Waals surface area contributed by atoms with Gasteiger partial charge in [-0.1, -0.05) is 39.8 Å². The molecule has 314 valence electrons. The quantitative estimate of drug-likeness (QED) is 0.172. The first-order valence-corrected chi connectivity index (χ1v) is 20.7. The number of carbonyl (C=O) groups is 7. The summed E-state index contributed by atoms with van der Waals surface area (Å²) >= 11 is 0. The Balaban J connectivity index is 1.29. The molecule has 6 amide bonds. The van der Waals surface area contributed by atoms with E-state index in [1.54, 1.807) is 17.0 Å². The number of hydrogen-bond acceptors (Lipinski definition) is 9. The summed E-state index contributed by atoms with van der Waals surface area (Å²) in [6.45, 7) is 9.07. The van der Waals surface area contributed by atoms with Gasteiger partial charge in [-0.05, 0) is 93.7 Å². The number of hydrogen-bond donors (Lipinski definition) is 5. The zero-order valence-electron chi connectivity index (χ0n) is 33.7. The van der Waals surface area contributed by atoms with Crippen molar-refractivity contribution >= 4 is 41.4 Å². The molecule has 0 spiro atoms. The van der Waals surface area contributed by atoms with Crippen LogP contribution in [0.1, 0.15) is 97.5 Å². The smallest absolute Gasteiger partial charge is 0.326 e. The third-order valence-corrected chi connectivity index (χ3v) is 11.7. The monoisotopic (exact) mass is 795 g/mol. The summed E-state index contributed by atoms with van der Waals surface area (Å²) in [5, 5.41) is 25.3. The minimum Gasteiger partial charge on any atom is -0.508 e. The molecule has 4 aliphatic heterocycles. The third kappa shape index (κ3) is 10.4. The van der Waals surface area contributed by atoms with Crippen molar-refractivity contribution in [3.05, 3.63) is 29.8 Å². The van der Waals surface area contributed by atoms with Gasteiger partial charge >= 0.3 is 5.97 Å². The van der Waals surface area contributed by atoms with Gasteiger partial charge < -0.3 is 46.2 Å². The van der Waals surface area contributed by atoms with Gasteiger partial charge in [0.1, 0.15) is 42.0 Å². The number of amides is 6. The van der Waals surface area contributed by atoms with Crippen molar-refractivity contribution in [3.63, 3.8) is 0 Å². The van der Waals surface area contributed by atoms with Crippen molar-refractivity contribution in [2.75, 3.05) is 26.2 Å². The normalized spacial score (nSPS) is 23.8. The lowest BCUT2D eigenvalue weighted by Crippen LogP contribution is -2.59. The Morgan fingerprint density at radius 3 is 1.61 bits per heavy atom. The standard InChI is InChI=1S/C41H61N7O9/c1-24(2)21-28(42)37(52)47-19-7-11-33(47)40(55)46-18-6-10-32(46)36(51)43-29(22-25(3)4)38(53)45-17-5-9-31(45)35(50)44-30(23-26-13-15-27(49)16-14-26)39(54)48-20-8-12-34(48)41(56)57/h13-16,24-25,28-34,49H,5-12,17-23,42H2,1-4H3,(H,43,51)(H,44,50)(H,56,57)/t28-,29-,30-,31-,32-,33-,34-/m0/s1. The summed E-state index contributed by atoms with van der Waals surface area (Å²) in [5.41, 5.74) is 6.86. The van der Waals surface area contributed by atoms with Gasteiger partial charge in [-0.25, -0.2) is 4.79 Å². The molecular formula is C41H61N7O9. The zero-order valence-corrected chi connectivity index (χ0v) is 33.7.